The van der Waals surface area contributed by atoms with E-state index < -0.39 is 10.0 Å². The van der Waals surface area contributed by atoms with E-state index in [1.54, 1.807) is 19.2 Å². The Hall–Kier alpha value is -1.42. The van der Waals surface area contributed by atoms with Crippen LogP contribution in [0.4, 0.5) is 4.39 Å². The Balaban J connectivity index is 1.82. The van der Waals surface area contributed by atoms with Crippen molar-refractivity contribution in [3.63, 3.8) is 0 Å². The summed E-state index contributed by atoms with van der Waals surface area (Å²) in [7, 11) is -1.66. The van der Waals surface area contributed by atoms with Crippen LogP contribution in [-0.4, -0.2) is 81.8 Å². The Labute approximate surface area is 177 Å². The molecule has 7 nitrogen and oxygen atoms in total. The van der Waals surface area contributed by atoms with Gasteiger partial charge in [-0.1, -0.05) is 17.7 Å². The second-order valence-electron chi connectivity index (χ2n) is 7.05. The van der Waals surface area contributed by atoms with Gasteiger partial charge in [-0.05, 0) is 32.4 Å². The van der Waals surface area contributed by atoms with E-state index in [-0.39, 0.29) is 24.3 Å². The lowest BCUT2D eigenvalue weighted by atomic mass is 10.1. The van der Waals surface area contributed by atoms with Gasteiger partial charge in [-0.25, -0.2) is 12.8 Å². The third-order valence-corrected chi connectivity index (χ3v) is 6.84. The summed E-state index contributed by atoms with van der Waals surface area (Å²) < 4.78 is 45.6. The quantitative estimate of drug-likeness (QED) is 0.486. The molecule has 0 saturated carbocycles. The second-order valence-corrected chi connectivity index (χ2v) is 9.54. The largest absolute Gasteiger partial charge is 0.378 e. The third kappa shape index (κ3) is 7.09. The first-order valence-corrected chi connectivity index (χ1v) is 11.7. The van der Waals surface area contributed by atoms with E-state index in [0.29, 0.717) is 55.7 Å². The molecule has 2 rings (SSSR count). The normalized spacial score (nSPS) is 16.5. The van der Waals surface area contributed by atoms with Crippen LogP contribution >= 0.6 is 11.6 Å². The Morgan fingerprint density at radius 3 is 2.59 bits per heavy atom. The van der Waals surface area contributed by atoms with E-state index >= 15 is 0 Å². The number of guanidine groups is 1. The molecule has 1 heterocycles. The fourth-order valence-electron chi connectivity index (χ4n) is 3.10. The molecule has 1 saturated heterocycles. The number of aliphatic imine (C=N–C) groups is 1. The van der Waals surface area contributed by atoms with Gasteiger partial charge in [-0.3, -0.25) is 4.99 Å². The van der Waals surface area contributed by atoms with Crippen LogP contribution in [0.2, 0.25) is 5.02 Å². The molecule has 10 heteroatoms. The first kappa shape index (κ1) is 23.9. The number of piperazine rings is 1. The average Bonchev–Trinajstić information content (AvgIpc) is 2.67. The number of benzene rings is 1. The summed E-state index contributed by atoms with van der Waals surface area (Å²) >= 11 is 6.06. The van der Waals surface area contributed by atoms with Crippen molar-refractivity contribution < 1.29 is 17.5 Å². The van der Waals surface area contributed by atoms with Crippen molar-refractivity contribution in [2.45, 2.75) is 26.4 Å². The summed E-state index contributed by atoms with van der Waals surface area (Å²) in [5, 5.41) is 3.61. The van der Waals surface area contributed by atoms with E-state index in [4.69, 9.17) is 16.3 Å². The summed E-state index contributed by atoms with van der Waals surface area (Å²) in [6.45, 7) is 6.27. The SMILES string of the molecule is CN=C(NCCc1c(F)cccc1Cl)N1CCN(S(=O)(=O)CCOC(C)C)CC1. The maximum Gasteiger partial charge on any atom is 0.216 e. The predicted molar refractivity (Wildman–Crippen MR) is 114 cm³/mol. The van der Waals surface area contributed by atoms with Crippen LogP contribution in [0, 0.1) is 5.82 Å². The second kappa shape index (κ2) is 11.1. The van der Waals surface area contributed by atoms with Gasteiger partial charge in [-0.2, -0.15) is 4.31 Å². The Kier molecular flexibility index (Phi) is 9.13. The van der Waals surface area contributed by atoms with Crippen LogP contribution in [0.1, 0.15) is 19.4 Å². The van der Waals surface area contributed by atoms with Gasteiger partial charge < -0.3 is 15.0 Å². The van der Waals surface area contributed by atoms with Gasteiger partial charge in [0.25, 0.3) is 0 Å². The third-order valence-electron chi connectivity index (χ3n) is 4.66. The first-order chi connectivity index (χ1) is 13.7. The highest BCUT2D eigenvalue weighted by Crippen LogP contribution is 2.19. The summed E-state index contributed by atoms with van der Waals surface area (Å²) in [4.78, 5) is 6.26. The summed E-state index contributed by atoms with van der Waals surface area (Å²) in [5.74, 6) is 0.328. The predicted octanol–water partition coefficient (Wildman–Crippen LogP) is 1.97. The van der Waals surface area contributed by atoms with Crippen molar-refractivity contribution in [1.29, 1.82) is 0 Å². The fraction of sp³-hybridized carbons (Fsp3) is 0.632. The standard InChI is InChI=1S/C19H30ClFN4O3S/c1-15(2)28-13-14-29(26,27)25-11-9-24(10-12-25)19(22-3)23-8-7-16-17(20)5-4-6-18(16)21/h4-6,15H,7-14H2,1-3H3,(H,22,23). The zero-order valence-electron chi connectivity index (χ0n) is 17.2. The van der Waals surface area contributed by atoms with Gasteiger partial charge in [-0.15, -0.1) is 0 Å². The zero-order valence-corrected chi connectivity index (χ0v) is 18.8. The average molecular weight is 449 g/mol. The molecule has 1 N–H and O–H groups in total. The molecule has 0 amide bonds. The van der Waals surface area contributed by atoms with Crippen molar-refractivity contribution in [3.8, 4) is 0 Å². The number of hydrogen-bond acceptors (Lipinski definition) is 4. The van der Waals surface area contributed by atoms with Crippen molar-refractivity contribution in [1.82, 2.24) is 14.5 Å². The summed E-state index contributed by atoms with van der Waals surface area (Å²) in [6.07, 6.45) is 0.435. The van der Waals surface area contributed by atoms with Crippen LogP contribution in [0.5, 0.6) is 0 Å². The van der Waals surface area contributed by atoms with Crippen LogP contribution in [-0.2, 0) is 21.2 Å². The van der Waals surface area contributed by atoms with Crippen molar-refractivity contribution >= 4 is 27.6 Å². The number of nitrogens with zero attached hydrogens (tertiary/aromatic N) is 3. The van der Waals surface area contributed by atoms with Gasteiger partial charge >= 0.3 is 0 Å². The van der Waals surface area contributed by atoms with Crippen molar-refractivity contribution in [3.05, 3.63) is 34.6 Å². The van der Waals surface area contributed by atoms with E-state index in [9.17, 15) is 12.8 Å². The van der Waals surface area contributed by atoms with E-state index in [1.807, 2.05) is 18.7 Å². The van der Waals surface area contributed by atoms with Gasteiger partial charge in [0.2, 0.25) is 10.0 Å². The molecule has 0 spiro atoms. The molecule has 0 aliphatic carbocycles. The van der Waals surface area contributed by atoms with Gasteiger partial charge in [0, 0.05) is 50.4 Å². The number of nitrogens with one attached hydrogen (secondary N) is 1. The number of hydrogen-bond donors (Lipinski definition) is 1. The lowest BCUT2D eigenvalue weighted by Crippen LogP contribution is -2.54. The molecular weight excluding hydrogens is 419 g/mol. The van der Waals surface area contributed by atoms with Crippen molar-refractivity contribution in [2.75, 3.05) is 52.1 Å². The number of ether oxygens (including phenoxy) is 1. The molecule has 0 radical (unpaired) electrons. The summed E-state index contributed by atoms with van der Waals surface area (Å²) in [6, 6.07) is 4.64. The Morgan fingerprint density at radius 1 is 1.31 bits per heavy atom. The minimum atomic E-state index is -3.33. The van der Waals surface area contributed by atoms with Gasteiger partial charge in [0.1, 0.15) is 5.82 Å². The molecule has 1 aliphatic heterocycles. The zero-order chi connectivity index (χ0) is 21.4. The number of halogens is 2. The molecule has 0 aromatic heterocycles. The maximum absolute atomic E-state index is 13.9. The molecule has 1 aromatic carbocycles. The lowest BCUT2D eigenvalue weighted by Gasteiger charge is -2.35. The summed E-state index contributed by atoms with van der Waals surface area (Å²) in [5.41, 5.74) is 0.469. The molecule has 164 valence electrons. The maximum atomic E-state index is 13.9. The lowest BCUT2D eigenvalue weighted by molar-refractivity contribution is 0.0904. The van der Waals surface area contributed by atoms with Crippen molar-refractivity contribution in [2.24, 2.45) is 4.99 Å². The molecule has 0 unspecified atom stereocenters. The minimum absolute atomic E-state index is 0.00990. The Bertz CT molecular complexity index is 776. The monoisotopic (exact) mass is 448 g/mol. The number of sulfonamides is 1. The first-order valence-electron chi connectivity index (χ1n) is 9.72. The van der Waals surface area contributed by atoms with Crippen LogP contribution in [0.3, 0.4) is 0 Å². The van der Waals surface area contributed by atoms with Gasteiger partial charge in [0.15, 0.2) is 5.96 Å². The highest BCUT2D eigenvalue weighted by Gasteiger charge is 2.28. The molecule has 0 atom stereocenters. The number of rotatable bonds is 8. The Morgan fingerprint density at radius 2 is 2.00 bits per heavy atom. The molecular formula is C19H30ClFN4O3S. The van der Waals surface area contributed by atoms with Gasteiger partial charge in [0.05, 0.1) is 18.5 Å². The van der Waals surface area contributed by atoms with E-state index in [0.717, 1.165) is 0 Å². The van der Waals surface area contributed by atoms with Crippen LogP contribution in [0.15, 0.2) is 23.2 Å². The van der Waals surface area contributed by atoms with Crippen LogP contribution in [0.25, 0.3) is 0 Å². The molecule has 1 aliphatic rings. The molecule has 29 heavy (non-hydrogen) atoms. The molecule has 1 fully saturated rings. The van der Waals surface area contributed by atoms with E-state index in [2.05, 4.69) is 10.3 Å². The molecule has 0 bridgehead atoms. The highest BCUT2D eigenvalue weighted by molar-refractivity contribution is 7.89. The fourth-order valence-corrected chi connectivity index (χ4v) is 4.64. The topological polar surface area (TPSA) is 74.2 Å². The smallest absolute Gasteiger partial charge is 0.216 e. The van der Waals surface area contributed by atoms with E-state index in [1.165, 1.54) is 10.4 Å². The molecule has 1 aromatic rings. The van der Waals surface area contributed by atoms with Crippen LogP contribution < -0.4 is 5.32 Å². The highest BCUT2D eigenvalue weighted by atomic mass is 35.5. The minimum Gasteiger partial charge on any atom is -0.378 e.